The van der Waals surface area contributed by atoms with E-state index in [1.807, 2.05) is 40.8 Å². The topological polar surface area (TPSA) is 128 Å². The summed E-state index contributed by atoms with van der Waals surface area (Å²) in [5.41, 5.74) is 3.54. The summed E-state index contributed by atoms with van der Waals surface area (Å²) in [4.78, 5) is 22.2. The first-order chi connectivity index (χ1) is 18.4. The Morgan fingerprint density at radius 3 is 2.74 bits per heavy atom. The highest BCUT2D eigenvalue weighted by molar-refractivity contribution is 5.87. The third kappa shape index (κ3) is 4.68. The molecule has 1 aliphatic heterocycles. The van der Waals surface area contributed by atoms with Crippen LogP contribution in [-0.4, -0.2) is 42.7 Å². The highest BCUT2D eigenvalue weighted by atomic mass is 16.5. The molecular weight excluding hydrogens is 482 g/mol. The van der Waals surface area contributed by atoms with Crippen molar-refractivity contribution < 1.29 is 14.6 Å². The van der Waals surface area contributed by atoms with Gasteiger partial charge in [-0.3, -0.25) is 4.79 Å². The van der Waals surface area contributed by atoms with Crippen molar-refractivity contribution in [2.24, 2.45) is 18.9 Å². The molecule has 2 aliphatic carbocycles. The van der Waals surface area contributed by atoms with Crippen molar-refractivity contribution in [3.8, 4) is 17.6 Å². The molecule has 1 atom stereocenters. The van der Waals surface area contributed by atoms with E-state index in [1.54, 1.807) is 18.3 Å². The number of ether oxygens (including phenoxy) is 1. The lowest BCUT2D eigenvalue weighted by Crippen LogP contribution is -2.49. The van der Waals surface area contributed by atoms with Crippen LogP contribution in [0.1, 0.15) is 32.6 Å². The minimum Gasteiger partial charge on any atom is -0.457 e. The number of aliphatic hydroxyl groups is 1. The van der Waals surface area contributed by atoms with Crippen molar-refractivity contribution in [1.29, 1.82) is 5.26 Å². The fourth-order valence-corrected chi connectivity index (χ4v) is 5.01. The summed E-state index contributed by atoms with van der Waals surface area (Å²) in [6, 6.07) is 11.5. The zero-order chi connectivity index (χ0) is 26.4. The smallest absolute Gasteiger partial charge is 0.222 e. The number of carbonyl (C=O) groups is 1. The van der Waals surface area contributed by atoms with Gasteiger partial charge in [0.1, 0.15) is 17.3 Å². The second kappa shape index (κ2) is 9.50. The molecule has 6 rings (SSSR count). The van der Waals surface area contributed by atoms with Gasteiger partial charge in [0.25, 0.3) is 0 Å². The van der Waals surface area contributed by atoms with Gasteiger partial charge in [0, 0.05) is 44.5 Å². The van der Waals surface area contributed by atoms with Gasteiger partial charge in [0.05, 0.1) is 28.7 Å². The summed E-state index contributed by atoms with van der Waals surface area (Å²) in [5.74, 6) is 2.58. The first-order valence-electron chi connectivity index (χ1n) is 12.8. The molecule has 2 aromatic heterocycles. The van der Waals surface area contributed by atoms with E-state index in [2.05, 4.69) is 27.9 Å². The van der Waals surface area contributed by atoms with Crippen LogP contribution in [0.3, 0.4) is 0 Å². The highest BCUT2D eigenvalue weighted by Crippen LogP contribution is 2.42. The Morgan fingerprint density at radius 1 is 1.21 bits per heavy atom. The number of anilines is 2. The fraction of sp³-hybridized carbons (Fsp3) is 0.357. The van der Waals surface area contributed by atoms with Gasteiger partial charge in [0.15, 0.2) is 6.23 Å². The molecule has 0 spiro atoms. The van der Waals surface area contributed by atoms with Crippen LogP contribution in [0.15, 0.2) is 60.1 Å². The van der Waals surface area contributed by atoms with E-state index in [-0.39, 0.29) is 17.9 Å². The SMILES string of the molecule is CC(=O)Nc1cc(Oc2ccc3nc(NC4=CC(C5CC5)=CN(C5CC(C#N)C5)C4O)n(C)c3c2)ccn1. The number of hydrogen-bond donors (Lipinski definition) is 3. The van der Waals surface area contributed by atoms with Gasteiger partial charge in [-0.05, 0) is 61.4 Å². The van der Waals surface area contributed by atoms with Gasteiger partial charge in [-0.2, -0.15) is 5.26 Å². The molecular formula is C28H29N7O3. The molecule has 1 amide bonds. The van der Waals surface area contributed by atoms with Crippen LogP contribution in [0, 0.1) is 23.2 Å². The summed E-state index contributed by atoms with van der Waals surface area (Å²) >= 11 is 0. The molecule has 1 aromatic carbocycles. The largest absolute Gasteiger partial charge is 0.457 e. The number of nitriles is 1. The molecule has 10 nitrogen and oxygen atoms in total. The third-order valence-electron chi connectivity index (χ3n) is 7.33. The van der Waals surface area contributed by atoms with Gasteiger partial charge in [-0.25, -0.2) is 9.97 Å². The number of imidazole rings is 1. The van der Waals surface area contributed by atoms with Crippen molar-refractivity contribution in [1.82, 2.24) is 19.4 Å². The Hall–Kier alpha value is -4.36. The van der Waals surface area contributed by atoms with E-state index in [4.69, 9.17) is 9.72 Å². The monoisotopic (exact) mass is 511 g/mol. The number of aryl methyl sites for hydroxylation is 1. The number of nitrogens with one attached hydrogen (secondary N) is 2. The highest BCUT2D eigenvalue weighted by Gasteiger charge is 2.39. The van der Waals surface area contributed by atoms with E-state index in [9.17, 15) is 15.2 Å². The molecule has 3 aromatic rings. The van der Waals surface area contributed by atoms with E-state index in [0.717, 1.165) is 36.7 Å². The van der Waals surface area contributed by atoms with Crippen LogP contribution in [0.2, 0.25) is 0 Å². The van der Waals surface area contributed by atoms with Crippen LogP contribution < -0.4 is 15.4 Å². The van der Waals surface area contributed by atoms with Gasteiger partial charge in [0.2, 0.25) is 11.9 Å². The van der Waals surface area contributed by atoms with E-state index < -0.39 is 6.23 Å². The number of carbonyl (C=O) groups excluding carboxylic acids is 1. The second-order valence-electron chi connectivity index (χ2n) is 10.2. The average molecular weight is 512 g/mol. The summed E-state index contributed by atoms with van der Waals surface area (Å²) < 4.78 is 7.95. The Kier molecular flexibility index (Phi) is 6.00. The maximum Gasteiger partial charge on any atom is 0.222 e. The Balaban J connectivity index is 1.23. The molecule has 38 heavy (non-hydrogen) atoms. The number of benzene rings is 1. The number of hydrogen-bond acceptors (Lipinski definition) is 8. The van der Waals surface area contributed by atoms with Gasteiger partial charge < -0.3 is 29.9 Å². The van der Waals surface area contributed by atoms with Crippen molar-refractivity contribution in [2.75, 3.05) is 10.6 Å². The average Bonchev–Trinajstić information content (AvgIpc) is 3.66. The number of rotatable bonds is 7. The van der Waals surface area contributed by atoms with Crippen LogP contribution in [0.25, 0.3) is 11.0 Å². The lowest BCUT2D eigenvalue weighted by molar-refractivity contribution is -0.114. The van der Waals surface area contributed by atoms with Gasteiger partial charge >= 0.3 is 0 Å². The second-order valence-corrected chi connectivity index (χ2v) is 10.2. The first-order valence-corrected chi connectivity index (χ1v) is 12.8. The lowest BCUT2D eigenvalue weighted by atomic mass is 9.80. The van der Waals surface area contributed by atoms with Gasteiger partial charge in [-0.1, -0.05) is 0 Å². The Morgan fingerprint density at radius 2 is 2.00 bits per heavy atom. The summed E-state index contributed by atoms with van der Waals surface area (Å²) in [6.07, 6.45) is 8.73. The number of pyridine rings is 1. The van der Waals surface area contributed by atoms with Crippen molar-refractivity contribution in [3.63, 3.8) is 0 Å². The quantitative estimate of drug-likeness (QED) is 0.430. The molecule has 0 radical (unpaired) electrons. The molecule has 10 heteroatoms. The minimum atomic E-state index is -0.828. The molecule has 194 valence electrons. The van der Waals surface area contributed by atoms with Crippen molar-refractivity contribution in [3.05, 3.63) is 60.1 Å². The number of fused-ring (bicyclic) bond motifs is 1. The van der Waals surface area contributed by atoms with Crippen LogP contribution >= 0.6 is 0 Å². The third-order valence-corrected chi connectivity index (χ3v) is 7.33. The van der Waals surface area contributed by atoms with Crippen LogP contribution in [0.5, 0.6) is 11.5 Å². The molecule has 2 fully saturated rings. The molecule has 3 aliphatic rings. The normalized spacial score (nSPS) is 22.7. The van der Waals surface area contributed by atoms with Crippen molar-refractivity contribution >= 4 is 28.7 Å². The maximum absolute atomic E-state index is 11.3. The zero-order valence-electron chi connectivity index (χ0n) is 21.3. The predicted molar refractivity (Wildman–Crippen MR) is 142 cm³/mol. The summed E-state index contributed by atoms with van der Waals surface area (Å²) in [5, 5.41) is 26.5. The van der Waals surface area contributed by atoms with Crippen LogP contribution in [-0.2, 0) is 11.8 Å². The molecule has 2 saturated carbocycles. The van der Waals surface area contributed by atoms with Gasteiger partial charge in [-0.15, -0.1) is 0 Å². The summed E-state index contributed by atoms with van der Waals surface area (Å²) in [6.45, 7) is 1.43. The summed E-state index contributed by atoms with van der Waals surface area (Å²) in [7, 11) is 1.91. The first kappa shape index (κ1) is 24.0. The van der Waals surface area contributed by atoms with E-state index in [0.29, 0.717) is 34.9 Å². The Labute approximate surface area is 220 Å². The molecule has 0 bridgehead atoms. The fourth-order valence-electron chi connectivity index (χ4n) is 5.01. The molecule has 0 saturated heterocycles. The molecule has 3 heterocycles. The maximum atomic E-state index is 11.3. The number of aromatic nitrogens is 3. The zero-order valence-corrected chi connectivity index (χ0v) is 21.3. The molecule has 1 unspecified atom stereocenters. The number of aliphatic hydroxyl groups excluding tert-OH is 1. The Bertz CT molecular complexity index is 1510. The van der Waals surface area contributed by atoms with Crippen molar-refractivity contribution in [2.45, 2.75) is 44.9 Å². The lowest BCUT2D eigenvalue weighted by Gasteiger charge is -2.44. The number of allylic oxidation sites excluding steroid dienone is 2. The molecule has 3 N–H and O–H groups in total. The number of amides is 1. The minimum absolute atomic E-state index is 0.0627. The standard InChI is InChI=1S/C28H29N7O3/c1-16(36)31-26-13-22(7-8-30-26)38-21-5-6-23-25(12-21)34(2)28(32-23)33-24-11-19(18-3-4-18)15-35(27(24)37)20-9-17(10-20)14-29/h5-8,11-13,15,17-18,20,27,37H,3-4,9-10H2,1-2H3,(H,32,33)(H,30,31,36). The van der Waals surface area contributed by atoms with Crippen LogP contribution in [0.4, 0.5) is 11.8 Å². The van der Waals surface area contributed by atoms with E-state index in [1.165, 1.54) is 12.5 Å². The predicted octanol–water partition coefficient (Wildman–Crippen LogP) is 4.24. The van der Waals surface area contributed by atoms with E-state index >= 15 is 0 Å². The number of nitrogens with zero attached hydrogens (tertiary/aromatic N) is 5.